The number of nitrogens with zero attached hydrogens (tertiary/aromatic N) is 2. The van der Waals surface area contributed by atoms with Crippen LogP contribution in [0.4, 0.5) is 11.5 Å². The Bertz CT molecular complexity index is 506. The number of hydrogen-bond acceptors (Lipinski definition) is 4. The molecule has 0 saturated carbocycles. The number of aromatic nitrogens is 1. The van der Waals surface area contributed by atoms with Gasteiger partial charge < -0.3 is 10.6 Å². The van der Waals surface area contributed by atoms with Crippen LogP contribution in [0.3, 0.4) is 0 Å². The van der Waals surface area contributed by atoms with Gasteiger partial charge in [-0.1, -0.05) is 6.07 Å². The quantitative estimate of drug-likeness (QED) is 0.916. The molecule has 0 aliphatic carbocycles. The van der Waals surface area contributed by atoms with Gasteiger partial charge in [0.05, 0.1) is 12.2 Å². The molecule has 0 spiro atoms. The highest BCUT2D eigenvalue weighted by atomic mass is 32.1. The van der Waals surface area contributed by atoms with Crippen molar-refractivity contribution in [1.29, 1.82) is 0 Å². The molecule has 0 bridgehead atoms. The highest BCUT2D eigenvalue weighted by Gasteiger charge is 2.16. The number of aryl methyl sites for hydroxylation is 1. The molecule has 0 amide bonds. The molecule has 0 aliphatic heterocycles. The maximum atomic E-state index is 6.06. The van der Waals surface area contributed by atoms with Gasteiger partial charge in [-0.3, -0.25) is 0 Å². The van der Waals surface area contributed by atoms with Crippen molar-refractivity contribution in [2.75, 3.05) is 10.6 Å². The minimum Gasteiger partial charge on any atom is -0.396 e. The highest BCUT2D eigenvalue weighted by Crippen LogP contribution is 2.25. The fourth-order valence-corrected chi connectivity index (χ4v) is 2.56. The Morgan fingerprint density at radius 3 is 2.72 bits per heavy atom. The van der Waals surface area contributed by atoms with Crippen LogP contribution in [0.1, 0.15) is 24.4 Å². The van der Waals surface area contributed by atoms with E-state index in [0.29, 0.717) is 6.04 Å². The van der Waals surface area contributed by atoms with Crippen LogP contribution in [0.25, 0.3) is 0 Å². The Morgan fingerprint density at radius 2 is 2.11 bits per heavy atom. The Kier molecular flexibility index (Phi) is 3.87. The van der Waals surface area contributed by atoms with Crippen LogP contribution in [0.2, 0.25) is 0 Å². The van der Waals surface area contributed by atoms with Crippen LogP contribution in [-0.4, -0.2) is 11.0 Å². The van der Waals surface area contributed by atoms with E-state index in [4.69, 9.17) is 5.73 Å². The molecule has 0 unspecified atom stereocenters. The molecule has 4 heteroatoms. The van der Waals surface area contributed by atoms with Crippen LogP contribution in [0.15, 0.2) is 29.6 Å². The van der Waals surface area contributed by atoms with Crippen molar-refractivity contribution in [3.8, 4) is 0 Å². The van der Waals surface area contributed by atoms with Gasteiger partial charge in [-0.2, -0.15) is 0 Å². The summed E-state index contributed by atoms with van der Waals surface area (Å²) in [6.45, 7) is 7.18. The predicted molar refractivity (Wildman–Crippen MR) is 79.0 cm³/mol. The second-order valence-corrected chi connectivity index (χ2v) is 5.70. The molecular weight excluding hydrogens is 242 g/mol. The first kappa shape index (κ1) is 12.9. The Hall–Kier alpha value is -1.55. The number of rotatable bonds is 4. The van der Waals surface area contributed by atoms with Crippen molar-refractivity contribution in [2.24, 2.45) is 0 Å². The summed E-state index contributed by atoms with van der Waals surface area (Å²) in [4.78, 5) is 8.15. The molecule has 0 aliphatic rings. The smallest absolute Gasteiger partial charge is 0.152 e. The zero-order chi connectivity index (χ0) is 13.1. The second kappa shape index (κ2) is 5.40. The van der Waals surface area contributed by atoms with E-state index < -0.39 is 0 Å². The van der Waals surface area contributed by atoms with Crippen molar-refractivity contribution >= 4 is 22.8 Å². The Morgan fingerprint density at radius 1 is 1.33 bits per heavy atom. The predicted octanol–water partition coefficient (Wildman–Crippen LogP) is 3.45. The van der Waals surface area contributed by atoms with E-state index in [1.54, 1.807) is 11.3 Å². The molecule has 2 aromatic rings. The number of nitrogens with two attached hydrogens (primary N) is 1. The molecule has 2 aromatic heterocycles. The van der Waals surface area contributed by atoms with Crippen molar-refractivity contribution in [3.05, 3.63) is 40.2 Å². The molecule has 18 heavy (non-hydrogen) atoms. The van der Waals surface area contributed by atoms with E-state index in [1.807, 2.05) is 19.1 Å². The summed E-state index contributed by atoms with van der Waals surface area (Å²) in [5.74, 6) is 0.887. The average molecular weight is 261 g/mol. The fraction of sp³-hybridized carbons (Fsp3) is 0.357. The normalized spacial score (nSPS) is 10.9. The van der Waals surface area contributed by atoms with Gasteiger partial charge in [0.15, 0.2) is 5.82 Å². The second-order valence-electron chi connectivity index (χ2n) is 4.67. The van der Waals surface area contributed by atoms with E-state index >= 15 is 0 Å². The lowest BCUT2D eigenvalue weighted by Crippen LogP contribution is -2.31. The van der Waals surface area contributed by atoms with E-state index in [-0.39, 0.29) is 0 Å². The van der Waals surface area contributed by atoms with Gasteiger partial charge in [0, 0.05) is 16.6 Å². The molecule has 0 aromatic carbocycles. The summed E-state index contributed by atoms with van der Waals surface area (Å²) < 4.78 is 0. The van der Waals surface area contributed by atoms with Crippen molar-refractivity contribution in [1.82, 2.24) is 4.98 Å². The lowest BCUT2D eigenvalue weighted by atomic mass is 10.2. The number of pyridine rings is 1. The zero-order valence-corrected chi connectivity index (χ0v) is 11.9. The summed E-state index contributed by atoms with van der Waals surface area (Å²) in [5.41, 5.74) is 7.79. The zero-order valence-electron chi connectivity index (χ0n) is 11.1. The van der Waals surface area contributed by atoms with Gasteiger partial charge in [-0.15, -0.1) is 11.3 Å². The third kappa shape index (κ3) is 2.82. The van der Waals surface area contributed by atoms with Gasteiger partial charge >= 0.3 is 0 Å². The van der Waals surface area contributed by atoms with Crippen molar-refractivity contribution < 1.29 is 0 Å². The van der Waals surface area contributed by atoms with E-state index in [0.717, 1.165) is 23.7 Å². The van der Waals surface area contributed by atoms with Crippen LogP contribution in [-0.2, 0) is 6.54 Å². The number of nitrogen functional groups attached to an aromatic ring is 1. The molecule has 2 rings (SSSR count). The SMILES string of the molecule is Cc1ccc(N)c(N(Cc2cccs2)C(C)C)n1. The van der Waals surface area contributed by atoms with Gasteiger partial charge in [0.25, 0.3) is 0 Å². The van der Waals surface area contributed by atoms with Crippen LogP contribution >= 0.6 is 11.3 Å². The third-order valence-electron chi connectivity index (χ3n) is 2.85. The fourth-order valence-electron chi connectivity index (χ4n) is 1.86. The van der Waals surface area contributed by atoms with E-state index in [2.05, 4.69) is 41.2 Å². The molecule has 0 atom stereocenters. The van der Waals surface area contributed by atoms with Gasteiger partial charge in [0.2, 0.25) is 0 Å². The summed E-state index contributed by atoms with van der Waals surface area (Å²) in [5, 5.41) is 2.10. The number of hydrogen-bond donors (Lipinski definition) is 1. The number of anilines is 2. The highest BCUT2D eigenvalue weighted by molar-refractivity contribution is 7.09. The molecule has 2 N–H and O–H groups in total. The van der Waals surface area contributed by atoms with Crippen molar-refractivity contribution in [3.63, 3.8) is 0 Å². The Labute approximate surface area is 112 Å². The Balaban J connectivity index is 2.32. The first-order chi connectivity index (χ1) is 8.58. The molecule has 2 heterocycles. The maximum absolute atomic E-state index is 6.06. The third-order valence-corrected chi connectivity index (χ3v) is 3.71. The molecular formula is C14H19N3S. The van der Waals surface area contributed by atoms with E-state index in [9.17, 15) is 0 Å². The monoisotopic (exact) mass is 261 g/mol. The van der Waals surface area contributed by atoms with Crippen molar-refractivity contribution in [2.45, 2.75) is 33.4 Å². The molecule has 0 saturated heterocycles. The minimum absolute atomic E-state index is 0.365. The van der Waals surface area contributed by atoms with Gasteiger partial charge in [0.1, 0.15) is 0 Å². The lowest BCUT2D eigenvalue weighted by Gasteiger charge is -2.28. The van der Waals surface area contributed by atoms with E-state index in [1.165, 1.54) is 4.88 Å². The molecule has 3 nitrogen and oxygen atoms in total. The minimum atomic E-state index is 0.365. The van der Waals surface area contributed by atoms with Crippen LogP contribution in [0.5, 0.6) is 0 Å². The lowest BCUT2D eigenvalue weighted by molar-refractivity contribution is 0.677. The maximum Gasteiger partial charge on any atom is 0.152 e. The van der Waals surface area contributed by atoms with Crippen LogP contribution in [0, 0.1) is 6.92 Å². The van der Waals surface area contributed by atoms with Crippen LogP contribution < -0.4 is 10.6 Å². The summed E-state index contributed by atoms with van der Waals surface area (Å²) in [6, 6.07) is 8.46. The first-order valence-corrected chi connectivity index (χ1v) is 6.98. The number of thiophene rings is 1. The molecule has 0 radical (unpaired) electrons. The molecule has 0 fully saturated rings. The summed E-state index contributed by atoms with van der Waals surface area (Å²) in [7, 11) is 0. The largest absolute Gasteiger partial charge is 0.396 e. The summed E-state index contributed by atoms with van der Waals surface area (Å²) >= 11 is 1.76. The van der Waals surface area contributed by atoms with Gasteiger partial charge in [-0.25, -0.2) is 4.98 Å². The summed E-state index contributed by atoms with van der Waals surface area (Å²) in [6.07, 6.45) is 0. The average Bonchev–Trinajstić information content (AvgIpc) is 2.82. The van der Waals surface area contributed by atoms with Gasteiger partial charge in [-0.05, 0) is 44.4 Å². The topological polar surface area (TPSA) is 42.1 Å². The standard InChI is InChI=1S/C14H19N3S/c1-10(2)17(9-12-5-4-8-18-12)14-13(15)7-6-11(3)16-14/h4-8,10H,9,15H2,1-3H3. The first-order valence-electron chi connectivity index (χ1n) is 6.10. The molecule has 96 valence electrons.